The average molecular weight is 318 g/mol. The predicted molar refractivity (Wildman–Crippen MR) is 85.3 cm³/mol. The van der Waals surface area contributed by atoms with E-state index in [0.717, 1.165) is 17.7 Å². The van der Waals surface area contributed by atoms with Crippen molar-refractivity contribution in [1.29, 1.82) is 0 Å². The summed E-state index contributed by atoms with van der Waals surface area (Å²) in [5, 5.41) is 0. The van der Waals surface area contributed by atoms with Gasteiger partial charge in [0.25, 0.3) is 0 Å². The van der Waals surface area contributed by atoms with Crippen LogP contribution in [-0.4, -0.2) is 32.0 Å². The third-order valence-electron chi connectivity index (χ3n) is 2.59. The van der Waals surface area contributed by atoms with Gasteiger partial charge in [0.1, 0.15) is 4.99 Å². The molecule has 0 aliphatic carbocycles. The molecule has 0 atom stereocenters. The van der Waals surface area contributed by atoms with Gasteiger partial charge in [-0.2, -0.15) is 11.8 Å². The maximum absolute atomic E-state index is 12.0. The van der Waals surface area contributed by atoms with E-state index in [-0.39, 0.29) is 9.88 Å². The Morgan fingerprint density at radius 3 is 2.68 bits per heavy atom. The second kappa shape index (κ2) is 7.23. The summed E-state index contributed by atoms with van der Waals surface area (Å²) in [4.78, 5) is 0.517. The van der Waals surface area contributed by atoms with Gasteiger partial charge in [-0.25, -0.2) is 13.1 Å². The normalized spacial score (nSPS) is 11.5. The summed E-state index contributed by atoms with van der Waals surface area (Å²) in [7, 11) is -3.45. The zero-order chi connectivity index (χ0) is 14.5. The van der Waals surface area contributed by atoms with Crippen LogP contribution in [-0.2, 0) is 10.0 Å². The second-order valence-electron chi connectivity index (χ2n) is 4.09. The lowest BCUT2D eigenvalue weighted by Gasteiger charge is -2.09. The summed E-state index contributed by atoms with van der Waals surface area (Å²) in [6.45, 7) is 2.24. The van der Waals surface area contributed by atoms with Crippen molar-refractivity contribution in [2.45, 2.75) is 18.2 Å². The molecule has 0 amide bonds. The minimum atomic E-state index is -3.45. The standard InChI is InChI=1S/C12H18N2O2S3/c1-9-8-10(4-5-11(9)12(13)17)19(15,16)14-6-3-7-18-2/h4-5,8,14H,3,6-7H2,1-2H3,(H2,13,17). The number of hydrogen-bond acceptors (Lipinski definition) is 4. The van der Waals surface area contributed by atoms with Gasteiger partial charge in [-0.1, -0.05) is 18.3 Å². The van der Waals surface area contributed by atoms with Gasteiger partial charge in [0.2, 0.25) is 10.0 Å². The molecule has 19 heavy (non-hydrogen) atoms. The number of thioether (sulfide) groups is 1. The number of thiocarbonyl (C=S) groups is 1. The van der Waals surface area contributed by atoms with Gasteiger partial charge in [0.05, 0.1) is 4.90 Å². The van der Waals surface area contributed by atoms with E-state index in [0.29, 0.717) is 12.1 Å². The first kappa shape index (κ1) is 16.4. The van der Waals surface area contributed by atoms with Gasteiger partial charge in [-0.15, -0.1) is 0 Å². The molecule has 0 aliphatic heterocycles. The SMILES string of the molecule is CSCCCNS(=O)(=O)c1ccc(C(N)=S)c(C)c1. The maximum Gasteiger partial charge on any atom is 0.240 e. The van der Waals surface area contributed by atoms with Crippen molar-refractivity contribution in [3.8, 4) is 0 Å². The number of aryl methyl sites for hydroxylation is 1. The first-order valence-electron chi connectivity index (χ1n) is 5.77. The van der Waals surface area contributed by atoms with Gasteiger partial charge in [-0.3, -0.25) is 0 Å². The first-order valence-corrected chi connectivity index (χ1v) is 9.06. The van der Waals surface area contributed by atoms with Gasteiger partial charge >= 0.3 is 0 Å². The van der Waals surface area contributed by atoms with Crippen LogP contribution < -0.4 is 10.5 Å². The van der Waals surface area contributed by atoms with Crippen LogP contribution in [0.4, 0.5) is 0 Å². The largest absolute Gasteiger partial charge is 0.389 e. The summed E-state index contributed by atoms with van der Waals surface area (Å²) in [5.41, 5.74) is 7.02. The van der Waals surface area contributed by atoms with Crippen LogP contribution in [0.25, 0.3) is 0 Å². The van der Waals surface area contributed by atoms with E-state index in [1.165, 1.54) is 6.07 Å². The Labute approximate surface area is 124 Å². The van der Waals surface area contributed by atoms with Crippen LogP contribution in [0.15, 0.2) is 23.1 Å². The number of sulfonamides is 1. The minimum Gasteiger partial charge on any atom is -0.389 e. The number of hydrogen-bond donors (Lipinski definition) is 2. The Bertz CT molecular complexity index is 556. The van der Waals surface area contributed by atoms with Crippen LogP contribution >= 0.6 is 24.0 Å². The third kappa shape index (κ3) is 4.76. The van der Waals surface area contributed by atoms with Gasteiger partial charge in [0.15, 0.2) is 0 Å². The smallest absolute Gasteiger partial charge is 0.240 e. The summed E-state index contributed by atoms with van der Waals surface area (Å²) in [5.74, 6) is 0.932. The molecular formula is C12H18N2O2S3. The van der Waals surface area contributed by atoms with E-state index >= 15 is 0 Å². The fourth-order valence-electron chi connectivity index (χ4n) is 1.59. The first-order chi connectivity index (χ1) is 8.88. The summed E-state index contributed by atoms with van der Waals surface area (Å²) < 4.78 is 26.7. The lowest BCUT2D eigenvalue weighted by atomic mass is 10.1. The van der Waals surface area contributed by atoms with Crippen LogP contribution in [0.2, 0.25) is 0 Å². The third-order valence-corrected chi connectivity index (χ3v) is 4.97. The van der Waals surface area contributed by atoms with Crippen molar-refractivity contribution in [1.82, 2.24) is 4.72 Å². The van der Waals surface area contributed by atoms with Crippen LogP contribution in [0.5, 0.6) is 0 Å². The molecule has 0 spiro atoms. The molecule has 1 rings (SSSR count). The molecule has 3 N–H and O–H groups in total. The lowest BCUT2D eigenvalue weighted by molar-refractivity contribution is 0.581. The molecule has 7 heteroatoms. The molecule has 0 bridgehead atoms. The van der Waals surface area contributed by atoms with Crippen LogP contribution in [0.1, 0.15) is 17.5 Å². The molecule has 0 unspecified atom stereocenters. The molecule has 0 saturated heterocycles. The van der Waals surface area contributed by atoms with Crippen molar-refractivity contribution in [3.05, 3.63) is 29.3 Å². The molecule has 0 radical (unpaired) electrons. The monoisotopic (exact) mass is 318 g/mol. The van der Waals surface area contributed by atoms with Gasteiger partial charge < -0.3 is 5.73 Å². The van der Waals surface area contributed by atoms with E-state index in [4.69, 9.17) is 18.0 Å². The van der Waals surface area contributed by atoms with Crippen molar-refractivity contribution in [2.24, 2.45) is 5.73 Å². The predicted octanol–water partition coefficient (Wildman–Crippen LogP) is 1.66. The molecule has 0 aromatic heterocycles. The molecular weight excluding hydrogens is 300 g/mol. The topological polar surface area (TPSA) is 72.2 Å². The van der Waals surface area contributed by atoms with E-state index < -0.39 is 10.0 Å². The minimum absolute atomic E-state index is 0.245. The molecule has 1 aromatic carbocycles. The fourth-order valence-corrected chi connectivity index (χ4v) is 3.41. The molecule has 0 saturated carbocycles. The summed E-state index contributed by atoms with van der Waals surface area (Å²) >= 11 is 6.59. The fraction of sp³-hybridized carbons (Fsp3) is 0.417. The van der Waals surface area contributed by atoms with E-state index in [2.05, 4.69) is 4.72 Å². The molecule has 106 valence electrons. The quantitative estimate of drug-likeness (QED) is 0.591. The second-order valence-corrected chi connectivity index (χ2v) is 7.28. The molecule has 0 aliphatic rings. The van der Waals surface area contributed by atoms with Gasteiger partial charge in [-0.05, 0) is 43.0 Å². The van der Waals surface area contributed by atoms with Crippen molar-refractivity contribution < 1.29 is 8.42 Å². The zero-order valence-electron chi connectivity index (χ0n) is 11.0. The Kier molecular flexibility index (Phi) is 6.25. The summed E-state index contributed by atoms with van der Waals surface area (Å²) in [6, 6.07) is 4.76. The Morgan fingerprint density at radius 1 is 1.47 bits per heavy atom. The summed E-state index contributed by atoms with van der Waals surface area (Å²) in [6.07, 6.45) is 2.80. The highest BCUT2D eigenvalue weighted by atomic mass is 32.2. The maximum atomic E-state index is 12.0. The van der Waals surface area contributed by atoms with E-state index in [9.17, 15) is 8.42 Å². The highest BCUT2D eigenvalue weighted by Gasteiger charge is 2.14. The number of nitrogens with two attached hydrogens (primary N) is 1. The molecule has 4 nitrogen and oxygen atoms in total. The van der Waals surface area contributed by atoms with Crippen LogP contribution in [0, 0.1) is 6.92 Å². The number of nitrogens with one attached hydrogen (secondary N) is 1. The number of rotatable bonds is 7. The van der Waals surface area contributed by atoms with E-state index in [1.807, 2.05) is 6.26 Å². The number of benzene rings is 1. The Balaban J connectivity index is 2.84. The molecule has 0 heterocycles. The van der Waals surface area contributed by atoms with Crippen LogP contribution in [0.3, 0.4) is 0 Å². The molecule has 0 fully saturated rings. The van der Waals surface area contributed by atoms with E-state index in [1.54, 1.807) is 30.8 Å². The van der Waals surface area contributed by atoms with Crippen molar-refractivity contribution >= 4 is 39.0 Å². The average Bonchev–Trinajstić information content (AvgIpc) is 2.34. The zero-order valence-corrected chi connectivity index (χ0v) is 13.4. The highest BCUT2D eigenvalue weighted by molar-refractivity contribution is 7.98. The van der Waals surface area contributed by atoms with Crippen molar-refractivity contribution in [2.75, 3.05) is 18.6 Å². The Morgan fingerprint density at radius 2 is 2.16 bits per heavy atom. The Hall–Kier alpha value is -0.630. The molecule has 1 aromatic rings. The van der Waals surface area contributed by atoms with Gasteiger partial charge in [0, 0.05) is 12.1 Å². The van der Waals surface area contributed by atoms with Crippen molar-refractivity contribution in [3.63, 3.8) is 0 Å². The lowest BCUT2D eigenvalue weighted by Crippen LogP contribution is -2.25. The highest BCUT2D eigenvalue weighted by Crippen LogP contribution is 2.15.